The number of aliphatic imine (C=N–C) groups is 1. The molecule has 1 N–H and O–H groups in total. The lowest BCUT2D eigenvalue weighted by atomic mass is 9.85. The Morgan fingerprint density at radius 2 is 1.85 bits per heavy atom. The summed E-state index contributed by atoms with van der Waals surface area (Å²) in [5, 5.41) is 2.94. The summed E-state index contributed by atoms with van der Waals surface area (Å²) in [6.07, 6.45) is 7.08. The molecular weight excluding hydrogens is 412 g/mol. The van der Waals surface area contributed by atoms with Gasteiger partial charge in [-0.2, -0.15) is 0 Å². The van der Waals surface area contributed by atoms with Crippen molar-refractivity contribution in [2.75, 3.05) is 12.4 Å². The summed E-state index contributed by atoms with van der Waals surface area (Å²) in [6.45, 7) is 6.35. The lowest BCUT2D eigenvalue weighted by Crippen LogP contribution is -2.30. The van der Waals surface area contributed by atoms with Crippen LogP contribution in [0.3, 0.4) is 0 Å². The fourth-order valence-electron chi connectivity index (χ4n) is 4.31. The number of methoxy groups -OCH3 is 1. The first kappa shape index (κ1) is 24.7. The molecule has 1 aliphatic rings. The Balaban J connectivity index is 1.68. The summed E-state index contributed by atoms with van der Waals surface area (Å²) in [5.74, 6) is 0.736. The second-order valence-corrected chi connectivity index (χ2v) is 9.46. The Bertz CT molecular complexity index is 1020. The van der Waals surface area contributed by atoms with Gasteiger partial charge in [0.05, 0.1) is 24.8 Å². The number of Topliss-reactive ketones (excluding diaryl/α,β-unsaturated/α-hetero) is 1. The number of nitrogens with zero attached hydrogens (tertiary/aromatic N) is 1. The monoisotopic (exact) mass is 448 g/mol. The molecular formula is C28H36N2O3. The third kappa shape index (κ3) is 7.01. The van der Waals surface area contributed by atoms with Crippen LogP contribution in [0.2, 0.25) is 0 Å². The number of fused-ring (bicyclic) bond motifs is 1. The van der Waals surface area contributed by atoms with Gasteiger partial charge in [0.25, 0.3) is 0 Å². The Kier molecular flexibility index (Phi) is 8.43. The fraction of sp³-hybridized carbons (Fsp3) is 0.464. The van der Waals surface area contributed by atoms with Gasteiger partial charge in [-0.15, -0.1) is 0 Å². The van der Waals surface area contributed by atoms with Gasteiger partial charge in [-0.1, -0.05) is 50.8 Å². The van der Waals surface area contributed by atoms with Gasteiger partial charge in [-0.05, 0) is 56.5 Å². The fourth-order valence-corrected chi connectivity index (χ4v) is 4.31. The van der Waals surface area contributed by atoms with Crippen LogP contribution in [0, 0.1) is 0 Å². The van der Waals surface area contributed by atoms with Crippen LogP contribution in [0.1, 0.15) is 87.2 Å². The van der Waals surface area contributed by atoms with Crippen LogP contribution in [0.4, 0.5) is 5.69 Å². The van der Waals surface area contributed by atoms with Crippen molar-refractivity contribution in [3.8, 4) is 5.75 Å². The highest BCUT2D eigenvalue weighted by Crippen LogP contribution is 2.31. The molecule has 0 bridgehead atoms. The average Bonchev–Trinajstić information content (AvgIpc) is 2.78. The number of nitrogens with one attached hydrogen (secondary N) is 1. The van der Waals surface area contributed by atoms with Crippen molar-refractivity contribution in [2.45, 2.75) is 77.7 Å². The zero-order valence-corrected chi connectivity index (χ0v) is 20.4. The Morgan fingerprint density at radius 3 is 2.61 bits per heavy atom. The molecule has 1 heterocycles. The molecule has 0 spiro atoms. The highest BCUT2D eigenvalue weighted by molar-refractivity contribution is 6.17. The number of rotatable bonds is 11. The zero-order chi connectivity index (χ0) is 23.8. The van der Waals surface area contributed by atoms with Gasteiger partial charge >= 0.3 is 0 Å². The SMILES string of the molecule is CCCCCCCC(=O)Nc1cccc(C(=O)CC2=NC(C)(C)Cc3ccc(OC)cc32)c1. The topological polar surface area (TPSA) is 67.8 Å². The third-order valence-corrected chi connectivity index (χ3v) is 5.99. The van der Waals surface area contributed by atoms with E-state index in [2.05, 4.69) is 32.2 Å². The van der Waals surface area contributed by atoms with Crippen molar-refractivity contribution in [1.82, 2.24) is 0 Å². The first-order valence-corrected chi connectivity index (χ1v) is 12.0. The van der Waals surface area contributed by atoms with Crippen molar-refractivity contribution in [2.24, 2.45) is 4.99 Å². The normalized spacial score (nSPS) is 14.2. The van der Waals surface area contributed by atoms with Crippen LogP contribution in [-0.2, 0) is 11.2 Å². The number of anilines is 1. The Hall–Kier alpha value is -2.95. The largest absolute Gasteiger partial charge is 0.497 e. The van der Waals surface area contributed by atoms with E-state index in [1.807, 2.05) is 24.3 Å². The van der Waals surface area contributed by atoms with E-state index in [9.17, 15) is 9.59 Å². The molecule has 0 aromatic heterocycles. The smallest absolute Gasteiger partial charge is 0.224 e. The van der Waals surface area contributed by atoms with E-state index in [4.69, 9.17) is 9.73 Å². The van der Waals surface area contributed by atoms with Gasteiger partial charge in [0.1, 0.15) is 5.75 Å². The van der Waals surface area contributed by atoms with Gasteiger partial charge in [-0.3, -0.25) is 14.6 Å². The molecule has 0 saturated heterocycles. The number of carbonyl (C=O) groups is 2. The zero-order valence-electron chi connectivity index (χ0n) is 20.4. The molecule has 5 heteroatoms. The number of hydrogen-bond acceptors (Lipinski definition) is 4. The Labute approximate surface area is 197 Å². The minimum absolute atomic E-state index is 0.00414. The number of hydrogen-bond donors (Lipinski definition) is 1. The van der Waals surface area contributed by atoms with Crippen molar-refractivity contribution in [1.29, 1.82) is 0 Å². The molecule has 5 nitrogen and oxygen atoms in total. The van der Waals surface area contributed by atoms with Crippen molar-refractivity contribution in [3.05, 3.63) is 59.2 Å². The van der Waals surface area contributed by atoms with Crippen molar-refractivity contribution >= 4 is 23.1 Å². The molecule has 33 heavy (non-hydrogen) atoms. The van der Waals surface area contributed by atoms with Gasteiger partial charge in [-0.25, -0.2) is 0 Å². The maximum Gasteiger partial charge on any atom is 0.224 e. The molecule has 1 amide bonds. The molecule has 176 valence electrons. The van der Waals surface area contributed by atoms with Gasteiger partial charge < -0.3 is 10.1 Å². The molecule has 0 radical (unpaired) electrons. The maximum absolute atomic E-state index is 13.2. The van der Waals surface area contributed by atoms with Crippen LogP contribution < -0.4 is 10.1 Å². The Morgan fingerprint density at radius 1 is 1.06 bits per heavy atom. The van der Waals surface area contributed by atoms with Gasteiger partial charge in [0, 0.05) is 23.2 Å². The van der Waals surface area contributed by atoms with E-state index < -0.39 is 0 Å². The molecule has 0 aliphatic carbocycles. The minimum Gasteiger partial charge on any atom is -0.497 e. The second-order valence-electron chi connectivity index (χ2n) is 9.46. The van der Waals surface area contributed by atoms with Crippen LogP contribution in [-0.4, -0.2) is 30.1 Å². The van der Waals surface area contributed by atoms with Crippen molar-refractivity contribution in [3.63, 3.8) is 0 Å². The highest BCUT2D eigenvalue weighted by atomic mass is 16.5. The lowest BCUT2D eigenvalue weighted by molar-refractivity contribution is -0.116. The lowest BCUT2D eigenvalue weighted by Gasteiger charge is -2.29. The van der Waals surface area contributed by atoms with E-state index in [0.29, 0.717) is 17.7 Å². The molecule has 0 fully saturated rings. The van der Waals surface area contributed by atoms with E-state index in [1.165, 1.54) is 24.8 Å². The average molecular weight is 449 g/mol. The van der Waals surface area contributed by atoms with Crippen molar-refractivity contribution < 1.29 is 14.3 Å². The predicted molar refractivity (Wildman–Crippen MR) is 135 cm³/mol. The van der Waals surface area contributed by atoms with Crippen LogP contribution in [0.5, 0.6) is 5.75 Å². The summed E-state index contributed by atoms with van der Waals surface area (Å²) in [7, 11) is 1.64. The summed E-state index contributed by atoms with van der Waals surface area (Å²) >= 11 is 0. The molecule has 3 rings (SSSR count). The number of unbranched alkanes of at least 4 members (excludes halogenated alkanes) is 4. The number of ketones is 1. The van der Waals surface area contributed by atoms with E-state index in [0.717, 1.165) is 36.3 Å². The minimum atomic E-state index is -0.260. The van der Waals surface area contributed by atoms with Crippen LogP contribution >= 0.6 is 0 Å². The second kappa shape index (κ2) is 11.3. The number of carbonyl (C=O) groups excluding carboxylic acids is 2. The summed E-state index contributed by atoms with van der Waals surface area (Å²) < 4.78 is 5.39. The van der Waals surface area contributed by atoms with Gasteiger partial charge in [0.15, 0.2) is 5.78 Å². The maximum atomic E-state index is 13.2. The molecule has 2 aromatic carbocycles. The van der Waals surface area contributed by atoms with E-state index in [-0.39, 0.29) is 23.7 Å². The first-order valence-electron chi connectivity index (χ1n) is 12.0. The van der Waals surface area contributed by atoms with E-state index >= 15 is 0 Å². The van der Waals surface area contributed by atoms with Gasteiger partial charge in [0.2, 0.25) is 5.91 Å². The standard InChI is InChI=1S/C28H36N2O3/c1-5-6-7-8-9-13-27(32)29-22-12-10-11-20(16-22)26(31)18-25-24-17-23(33-4)15-14-21(24)19-28(2,3)30-25/h10-12,14-17H,5-9,13,18-19H2,1-4H3,(H,29,32). The molecule has 0 atom stereocenters. The molecule has 0 unspecified atom stereocenters. The first-order chi connectivity index (χ1) is 15.8. The summed E-state index contributed by atoms with van der Waals surface area (Å²) in [6, 6.07) is 13.2. The third-order valence-electron chi connectivity index (χ3n) is 5.99. The number of amides is 1. The van der Waals surface area contributed by atoms with Crippen LogP contribution in [0.15, 0.2) is 47.5 Å². The summed E-state index contributed by atoms with van der Waals surface area (Å²) in [4.78, 5) is 30.4. The quantitative estimate of drug-likeness (QED) is 0.320. The predicted octanol–water partition coefficient (Wildman–Crippen LogP) is 6.39. The number of ether oxygens (including phenoxy) is 1. The highest BCUT2D eigenvalue weighted by Gasteiger charge is 2.28. The van der Waals surface area contributed by atoms with E-state index in [1.54, 1.807) is 19.2 Å². The molecule has 1 aliphatic heterocycles. The van der Waals surface area contributed by atoms with Crippen LogP contribution in [0.25, 0.3) is 0 Å². The number of benzene rings is 2. The molecule has 0 saturated carbocycles. The summed E-state index contributed by atoms with van der Waals surface area (Å²) in [5.41, 5.74) is 3.92. The molecule has 2 aromatic rings.